The molecule has 0 bridgehead atoms. The van der Waals surface area contributed by atoms with Crippen molar-refractivity contribution in [2.45, 2.75) is 19.3 Å². The van der Waals surface area contributed by atoms with Gasteiger partial charge in [0.2, 0.25) is 0 Å². The van der Waals surface area contributed by atoms with Gasteiger partial charge in [-0.3, -0.25) is 4.98 Å². The van der Waals surface area contributed by atoms with Gasteiger partial charge in [0.15, 0.2) is 0 Å². The smallest absolute Gasteiger partial charge is 0.0406 e. The van der Waals surface area contributed by atoms with Crippen LogP contribution < -0.4 is 0 Å². The minimum absolute atomic E-state index is 0.848. The fourth-order valence-corrected chi connectivity index (χ4v) is 2.08. The molecule has 2 nitrogen and oxygen atoms in total. The largest absolute Gasteiger partial charge is 0.306 e. The lowest BCUT2D eigenvalue weighted by Gasteiger charge is -2.28. The molecule has 1 aromatic heterocycles. The second-order valence-corrected chi connectivity index (χ2v) is 4.27. The number of rotatable bonds is 2. The first-order valence-electron chi connectivity index (χ1n) is 5.43. The van der Waals surface area contributed by atoms with Crippen LogP contribution in [0.5, 0.6) is 0 Å². The summed E-state index contributed by atoms with van der Waals surface area (Å²) in [5.41, 5.74) is 1.25. The van der Waals surface area contributed by atoms with Crippen LogP contribution in [0.25, 0.3) is 0 Å². The van der Waals surface area contributed by atoms with E-state index in [-0.39, 0.29) is 0 Å². The Balaban J connectivity index is 1.87. The predicted molar refractivity (Wildman–Crippen MR) is 58.2 cm³/mol. The van der Waals surface area contributed by atoms with E-state index in [2.05, 4.69) is 29.1 Å². The van der Waals surface area contributed by atoms with Crippen molar-refractivity contribution in [3.8, 4) is 0 Å². The minimum atomic E-state index is 0.848. The first-order chi connectivity index (χ1) is 6.84. The van der Waals surface area contributed by atoms with Gasteiger partial charge in [0.25, 0.3) is 0 Å². The molecular formula is C12H18N2. The highest BCUT2D eigenvalue weighted by atomic mass is 15.1. The van der Waals surface area contributed by atoms with Crippen molar-refractivity contribution in [1.29, 1.82) is 0 Å². The standard InChI is InChI=1S/C12H18N2/c1-14-8-5-11(6-9-14)10-12-4-2-3-7-13-12/h2-4,7,11H,5-6,8-10H2,1H3. The zero-order chi connectivity index (χ0) is 9.80. The third-order valence-electron chi connectivity index (χ3n) is 3.06. The number of aromatic nitrogens is 1. The topological polar surface area (TPSA) is 16.1 Å². The highest BCUT2D eigenvalue weighted by molar-refractivity contribution is 5.04. The van der Waals surface area contributed by atoms with Crippen molar-refractivity contribution in [1.82, 2.24) is 9.88 Å². The number of piperidine rings is 1. The van der Waals surface area contributed by atoms with Crippen molar-refractivity contribution < 1.29 is 0 Å². The van der Waals surface area contributed by atoms with Crippen molar-refractivity contribution >= 4 is 0 Å². The first kappa shape index (κ1) is 9.66. The van der Waals surface area contributed by atoms with E-state index in [0.29, 0.717) is 0 Å². The van der Waals surface area contributed by atoms with Crippen LogP contribution in [-0.2, 0) is 6.42 Å². The van der Waals surface area contributed by atoms with Gasteiger partial charge in [-0.15, -0.1) is 0 Å². The first-order valence-corrected chi connectivity index (χ1v) is 5.43. The fraction of sp³-hybridized carbons (Fsp3) is 0.583. The lowest BCUT2D eigenvalue weighted by Crippen LogP contribution is -2.31. The Morgan fingerprint density at radius 3 is 2.79 bits per heavy atom. The van der Waals surface area contributed by atoms with Gasteiger partial charge in [-0.1, -0.05) is 6.07 Å². The molecule has 2 rings (SSSR count). The quantitative estimate of drug-likeness (QED) is 0.708. The monoisotopic (exact) mass is 190 g/mol. The van der Waals surface area contributed by atoms with Gasteiger partial charge in [-0.05, 0) is 57.5 Å². The summed E-state index contributed by atoms with van der Waals surface area (Å²) in [6, 6.07) is 6.20. The molecule has 1 aliphatic heterocycles. The van der Waals surface area contributed by atoms with Crippen LogP contribution in [0.3, 0.4) is 0 Å². The predicted octanol–water partition coefficient (Wildman–Crippen LogP) is 1.97. The second-order valence-electron chi connectivity index (χ2n) is 4.27. The molecule has 0 unspecified atom stereocenters. The molecule has 2 heteroatoms. The number of likely N-dealkylation sites (tertiary alicyclic amines) is 1. The number of hydrogen-bond donors (Lipinski definition) is 0. The van der Waals surface area contributed by atoms with E-state index in [1.807, 2.05) is 12.3 Å². The third-order valence-corrected chi connectivity index (χ3v) is 3.06. The Hall–Kier alpha value is -0.890. The SMILES string of the molecule is CN1CCC(Cc2ccccn2)CC1. The van der Waals surface area contributed by atoms with Gasteiger partial charge >= 0.3 is 0 Å². The summed E-state index contributed by atoms with van der Waals surface area (Å²) in [5, 5.41) is 0. The molecular weight excluding hydrogens is 172 g/mol. The molecule has 0 aliphatic carbocycles. The Morgan fingerprint density at radius 1 is 1.36 bits per heavy atom. The van der Waals surface area contributed by atoms with Gasteiger partial charge in [-0.2, -0.15) is 0 Å². The average Bonchev–Trinajstić information content (AvgIpc) is 2.23. The minimum Gasteiger partial charge on any atom is -0.306 e. The van der Waals surface area contributed by atoms with Crippen molar-refractivity contribution in [3.05, 3.63) is 30.1 Å². The van der Waals surface area contributed by atoms with Gasteiger partial charge < -0.3 is 4.90 Å². The van der Waals surface area contributed by atoms with Crippen LogP contribution in [0.15, 0.2) is 24.4 Å². The normalized spacial score (nSPS) is 19.8. The molecule has 1 fully saturated rings. The molecule has 14 heavy (non-hydrogen) atoms. The summed E-state index contributed by atoms with van der Waals surface area (Å²) >= 11 is 0. The second kappa shape index (κ2) is 4.56. The van der Waals surface area contributed by atoms with Crippen LogP contribution >= 0.6 is 0 Å². The molecule has 1 aliphatic rings. The van der Waals surface area contributed by atoms with Crippen molar-refractivity contribution in [2.75, 3.05) is 20.1 Å². The molecule has 0 atom stereocenters. The highest BCUT2D eigenvalue weighted by Gasteiger charge is 2.16. The zero-order valence-corrected chi connectivity index (χ0v) is 8.82. The Kier molecular flexibility index (Phi) is 3.14. The van der Waals surface area contributed by atoms with Crippen LogP contribution in [0.2, 0.25) is 0 Å². The molecule has 0 aromatic carbocycles. The molecule has 1 aromatic rings. The Bertz CT molecular complexity index is 263. The highest BCUT2D eigenvalue weighted by Crippen LogP contribution is 2.19. The lowest BCUT2D eigenvalue weighted by molar-refractivity contribution is 0.218. The Labute approximate surface area is 86.0 Å². The lowest BCUT2D eigenvalue weighted by atomic mass is 9.92. The van der Waals surface area contributed by atoms with Crippen LogP contribution in [0.1, 0.15) is 18.5 Å². The van der Waals surface area contributed by atoms with Crippen LogP contribution in [0.4, 0.5) is 0 Å². The molecule has 0 radical (unpaired) electrons. The molecule has 0 amide bonds. The van der Waals surface area contributed by atoms with E-state index in [9.17, 15) is 0 Å². The van der Waals surface area contributed by atoms with Crippen molar-refractivity contribution in [2.24, 2.45) is 5.92 Å². The summed E-state index contributed by atoms with van der Waals surface area (Å²) in [6.45, 7) is 2.50. The van der Waals surface area contributed by atoms with E-state index in [0.717, 1.165) is 12.3 Å². The average molecular weight is 190 g/mol. The summed E-state index contributed by atoms with van der Waals surface area (Å²) < 4.78 is 0. The Morgan fingerprint density at radius 2 is 2.14 bits per heavy atom. The van der Waals surface area contributed by atoms with E-state index in [4.69, 9.17) is 0 Å². The maximum Gasteiger partial charge on any atom is 0.0406 e. The zero-order valence-electron chi connectivity index (χ0n) is 8.82. The fourth-order valence-electron chi connectivity index (χ4n) is 2.08. The van der Waals surface area contributed by atoms with Crippen LogP contribution in [-0.4, -0.2) is 30.0 Å². The third kappa shape index (κ3) is 2.55. The summed E-state index contributed by atoms with van der Waals surface area (Å²) in [6.07, 6.45) is 5.71. The molecule has 0 saturated carbocycles. The summed E-state index contributed by atoms with van der Waals surface area (Å²) in [7, 11) is 2.21. The van der Waals surface area contributed by atoms with E-state index >= 15 is 0 Å². The van der Waals surface area contributed by atoms with E-state index < -0.39 is 0 Å². The summed E-state index contributed by atoms with van der Waals surface area (Å²) in [5.74, 6) is 0.848. The number of hydrogen-bond acceptors (Lipinski definition) is 2. The molecule has 1 saturated heterocycles. The van der Waals surface area contributed by atoms with E-state index in [1.54, 1.807) is 0 Å². The number of pyridine rings is 1. The van der Waals surface area contributed by atoms with Gasteiger partial charge in [0, 0.05) is 11.9 Å². The molecule has 0 spiro atoms. The molecule has 76 valence electrons. The molecule has 2 heterocycles. The number of nitrogens with zero attached hydrogens (tertiary/aromatic N) is 2. The maximum atomic E-state index is 4.38. The van der Waals surface area contributed by atoms with Crippen LogP contribution in [0, 0.1) is 5.92 Å². The van der Waals surface area contributed by atoms with Crippen molar-refractivity contribution in [3.63, 3.8) is 0 Å². The van der Waals surface area contributed by atoms with Gasteiger partial charge in [0.05, 0.1) is 0 Å². The van der Waals surface area contributed by atoms with Gasteiger partial charge in [-0.25, -0.2) is 0 Å². The van der Waals surface area contributed by atoms with E-state index in [1.165, 1.54) is 31.6 Å². The summed E-state index contributed by atoms with van der Waals surface area (Å²) in [4.78, 5) is 6.79. The van der Waals surface area contributed by atoms with Gasteiger partial charge in [0.1, 0.15) is 0 Å². The molecule has 0 N–H and O–H groups in total. The maximum absolute atomic E-state index is 4.38.